The molecule has 1 fully saturated rings. The summed E-state index contributed by atoms with van der Waals surface area (Å²) in [5.74, 6) is -0.882. The van der Waals surface area contributed by atoms with E-state index in [9.17, 15) is 14.9 Å². The van der Waals surface area contributed by atoms with Gasteiger partial charge in [-0.3, -0.25) is 4.79 Å². The predicted molar refractivity (Wildman–Crippen MR) is 99.3 cm³/mol. The number of nitrogens with zero attached hydrogens (tertiary/aromatic N) is 1. The molecule has 2 rings (SSSR count). The average molecular weight is 372 g/mol. The van der Waals surface area contributed by atoms with E-state index in [1.54, 1.807) is 18.2 Å². The Bertz CT molecular complexity index is 760. The second kappa shape index (κ2) is 9.62. The standard InChI is InChI=1S/C20H24N2O5/c1-13(20(24)25)27-17-9-8-14(11-18(17)26-2)10-15(12-21)19(23)22-16-6-4-3-5-7-16/h8-11,13,16H,3-7H2,1-2H3,(H,22,23)(H,24,25)/b15-10+/t13-/m0/s1. The number of carboxylic acids is 1. The van der Waals surface area contributed by atoms with Crippen molar-refractivity contribution in [2.75, 3.05) is 7.11 Å². The molecule has 0 unspecified atom stereocenters. The zero-order chi connectivity index (χ0) is 19.8. The predicted octanol–water partition coefficient (Wildman–Crippen LogP) is 2.90. The number of rotatable bonds is 7. The van der Waals surface area contributed by atoms with Crippen LogP contribution in [0.25, 0.3) is 6.08 Å². The van der Waals surface area contributed by atoms with E-state index in [2.05, 4.69) is 5.32 Å². The maximum absolute atomic E-state index is 12.4. The van der Waals surface area contributed by atoms with Gasteiger partial charge in [0.1, 0.15) is 11.6 Å². The summed E-state index contributed by atoms with van der Waals surface area (Å²) in [5, 5.41) is 21.2. The van der Waals surface area contributed by atoms with Crippen LogP contribution in [-0.2, 0) is 9.59 Å². The molecule has 0 aromatic heterocycles. The van der Waals surface area contributed by atoms with E-state index < -0.39 is 12.1 Å². The molecule has 1 saturated carbocycles. The van der Waals surface area contributed by atoms with Crippen molar-refractivity contribution in [3.63, 3.8) is 0 Å². The van der Waals surface area contributed by atoms with Gasteiger partial charge in [-0.25, -0.2) is 4.79 Å². The first-order valence-corrected chi connectivity index (χ1v) is 8.94. The molecular weight excluding hydrogens is 348 g/mol. The molecule has 0 bridgehead atoms. The monoisotopic (exact) mass is 372 g/mol. The van der Waals surface area contributed by atoms with Crippen LogP contribution in [0.3, 0.4) is 0 Å². The number of methoxy groups -OCH3 is 1. The second-order valence-corrected chi connectivity index (χ2v) is 6.49. The van der Waals surface area contributed by atoms with Gasteiger partial charge < -0.3 is 19.9 Å². The van der Waals surface area contributed by atoms with E-state index >= 15 is 0 Å². The first-order valence-electron chi connectivity index (χ1n) is 8.94. The van der Waals surface area contributed by atoms with Gasteiger partial charge in [0.05, 0.1) is 7.11 Å². The highest BCUT2D eigenvalue weighted by Gasteiger charge is 2.19. The molecule has 0 saturated heterocycles. The van der Waals surface area contributed by atoms with Crippen molar-refractivity contribution in [1.82, 2.24) is 5.32 Å². The molecule has 1 aromatic rings. The third-order valence-electron chi connectivity index (χ3n) is 4.46. The fraction of sp³-hybridized carbons (Fsp3) is 0.450. The number of carbonyl (C=O) groups excluding carboxylic acids is 1. The molecule has 7 heteroatoms. The van der Waals surface area contributed by atoms with Gasteiger partial charge in [0, 0.05) is 6.04 Å². The molecule has 1 aromatic carbocycles. The second-order valence-electron chi connectivity index (χ2n) is 6.49. The Balaban J connectivity index is 2.16. The van der Waals surface area contributed by atoms with Crippen LogP contribution in [0.4, 0.5) is 0 Å². The Labute approximate surface area is 158 Å². The van der Waals surface area contributed by atoms with Gasteiger partial charge >= 0.3 is 5.97 Å². The van der Waals surface area contributed by atoms with Crippen LogP contribution in [0.2, 0.25) is 0 Å². The maximum atomic E-state index is 12.4. The lowest BCUT2D eigenvalue weighted by molar-refractivity contribution is -0.144. The Hall–Kier alpha value is -3.01. The zero-order valence-corrected chi connectivity index (χ0v) is 15.5. The number of ether oxygens (including phenoxy) is 2. The Morgan fingerprint density at radius 3 is 2.59 bits per heavy atom. The number of amides is 1. The van der Waals surface area contributed by atoms with Crippen molar-refractivity contribution < 1.29 is 24.2 Å². The van der Waals surface area contributed by atoms with Gasteiger partial charge in [0.15, 0.2) is 17.6 Å². The summed E-state index contributed by atoms with van der Waals surface area (Å²) in [5.41, 5.74) is 0.590. The third kappa shape index (κ3) is 5.74. The summed E-state index contributed by atoms with van der Waals surface area (Å²) >= 11 is 0. The van der Waals surface area contributed by atoms with Crippen LogP contribution in [-0.4, -0.2) is 36.2 Å². The minimum atomic E-state index is -1.09. The topological polar surface area (TPSA) is 109 Å². The van der Waals surface area contributed by atoms with E-state index in [0.717, 1.165) is 25.7 Å². The summed E-state index contributed by atoms with van der Waals surface area (Å²) in [4.78, 5) is 23.3. The molecular formula is C20H24N2O5. The van der Waals surface area contributed by atoms with Gasteiger partial charge in [0.25, 0.3) is 5.91 Å². The number of aliphatic carboxylic acids is 1. The first kappa shape index (κ1) is 20.3. The fourth-order valence-electron chi connectivity index (χ4n) is 2.94. The van der Waals surface area contributed by atoms with Crippen LogP contribution in [0, 0.1) is 11.3 Å². The molecule has 7 nitrogen and oxygen atoms in total. The normalized spacial score (nSPS) is 16.1. The van der Waals surface area contributed by atoms with Gasteiger partial charge in [-0.15, -0.1) is 0 Å². The molecule has 0 aliphatic heterocycles. The third-order valence-corrected chi connectivity index (χ3v) is 4.46. The molecule has 1 aliphatic carbocycles. The molecule has 0 spiro atoms. The Morgan fingerprint density at radius 2 is 2.00 bits per heavy atom. The van der Waals surface area contributed by atoms with Crippen LogP contribution >= 0.6 is 0 Å². The van der Waals surface area contributed by atoms with E-state index in [4.69, 9.17) is 14.6 Å². The Morgan fingerprint density at radius 1 is 1.30 bits per heavy atom. The number of hydrogen-bond donors (Lipinski definition) is 2. The number of nitrogens with one attached hydrogen (secondary N) is 1. The molecule has 2 N–H and O–H groups in total. The highest BCUT2D eigenvalue weighted by atomic mass is 16.5. The number of nitriles is 1. The summed E-state index contributed by atoms with van der Waals surface area (Å²) in [6, 6.07) is 6.84. The van der Waals surface area contributed by atoms with Crippen molar-refractivity contribution in [2.24, 2.45) is 0 Å². The zero-order valence-electron chi connectivity index (χ0n) is 15.5. The lowest BCUT2D eigenvalue weighted by Crippen LogP contribution is -2.36. The molecule has 1 amide bonds. The van der Waals surface area contributed by atoms with E-state index in [0.29, 0.717) is 11.3 Å². The van der Waals surface area contributed by atoms with Crippen LogP contribution < -0.4 is 14.8 Å². The number of carboxylic acid groups (broad SMARTS) is 1. The number of benzene rings is 1. The summed E-state index contributed by atoms with van der Waals surface area (Å²) in [7, 11) is 1.43. The molecule has 1 atom stereocenters. The SMILES string of the molecule is COc1cc(/C=C(\C#N)C(=O)NC2CCCCC2)ccc1O[C@@H](C)C(=O)O. The van der Waals surface area contributed by atoms with Crippen LogP contribution in [0.15, 0.2) is 23.8 Å². The minimum Gasteiger partial charge on any atom is -0.493 e. The quantitative estimate of drug-likeness (QED) is 0.563. The average Bonchev–Trinajstić information content (AvgIpc) is 2.67. The number of carbonyl (C=O) groups is 2. The lowest BCUT2D eigenvalue weighted by Gasteiger charge is -2.22. The van der Waals surface area contributed by atoms with Gasteiger partial charge in [-0.2, -0.15) is 5.26 Å². The first-order chi connectivity index (χ1) is 12.9. The van der Waals surface area contributed by atoms with Crippen molar-refractivity contribution >= 4 is 18.0 Å². The minimum absolute atomic E-state index is 0.00944. The molecule has 27 heavy (non-hydrogen) atoms. The van der Waals surface area contributed by atoms with Gasteiger partial charge in [-0.05, 0) is 43.5 Å². The highest BCUT2D eigenvalue weighted by molar-refractivity contribution is 6.01. The molecule has 0 radical (unpaired) electrons. The maximum Gasteiger partial charge on any atom is 0.344 e. The van der Waals surface area contributed by atoms with Crippen LogP contribution in [0.5, 0.6) is 11.5 Å². The molecule has 0 heterocycles. The van der Waals surface area contributed by atoms with Crippen molar-refractivity contribution in [1.29, 1.82) is 5.26 Å². The summed E-state index contributed by atoms with van der Waals surface area (Å²) in [6.45, 7) is 1.42. The smallest absolute Gasteiger partial charge is 0.344 e. The molecule has 1 aliphatic rings. The summed E-state index contributed by atoms with van der Waals surface area (Å²) < 4.78 is 10.6. The van der Waals surface area contributed by atoms with Crippen molar-refractivity contribution in [3.05, 3.63) is 29.3 Å². The van der Waals surface area contributed by atoms with E-state index in [1.807, 2.05) is 6.07 Å². The highest BCUT2D eigenvalue weighted by Crippen LogP contribution is 2.30. The Kier molecular flexibility index (Phi) is 7.24. The van der Waals surface area contributed by atoms with Crippen molar-refractivity contribution in [2.45, 2.75) is 51.2 Å². The number of hydrogen-bond acceptors (Lipinski definition) is 5. The lowest BCUT2D eigenvalue weighted by atomic mass is 9.95. The van der Waals surface area contributed by atoms with E-state index in [-0.39, 0.29) is 23.3 Å². The van der Waals surface area contributed by atoms with Gasteiger partial charge in [-0.1, -0.05) is 25.3 Å². The van der Waals surface area contributed by atoms with Crippen LogP contribution in [0.1, 0.15) is 44.6 Å². The van der Waals surface area contributed by atoms with E-state index in [1.165, 1.54) is 26.5 Å². The molecule has 144 valence electrons. The van der Waals surface area contributed by atoms with Crippen molar-refractivity contribution in [3.8, 4) is 17.6 Å². The largest absolute Gasteiger partial charge is 0.493 e. The van der Waals surface area contributed by atoms with Gasteiger partial charge in [0.2, 0.25) is 0 Å². The fourth-order valence-corrected chi connectivity index (χ4v) is 2.94. The summed E-state index contributed by atoms with van der Waals surface area (Å²) in [6.07, 6.45) is 5.68.